The van der Waals surface area contributed by atoms with Crippen molar-refractivity contribution in [2.45, 2.75) is 19.9 Å². The first-order valence-corrected chi connectivity index (χ1v) is 15.4. The Labute approximate surface area is 251 Å². The summed E-state index contributed by atoms with van der Waals surface area (Å²) in [6, 6.07) is 6.36. The van der Waals surface area contributed by atoms with Crippen molar-refractivity contribution < 1.29 is 26.4 Å². The van der Waals surface area contributed by atoms with Crippen LogP contribution in [0.4, 0.5) is 24.7 Å². The number of nitrogens with zero attached hydrogens (tertiary/aromatic N) is 6. The molecule has 3 heterocycles. The van der Waals surface area contributed by atoms with Crippen molar-refractivity contribution in [1.82, 2.24) is 19.4 Å². The molecule has 1 atom stereocenters. The van der Waals surface area contributed by atoms with E-state index in [0.717, 1.165) is 45.5 Å². The van der Waals surface area contributed by atoms with E-state index < -0.39 is 44.3 Å². The van der Waals surface area contributed by atoms with Crippen molar-refractivity contribution in [1.29, 1.82) is 0 Å². The number of pyridine rings is 1. The van der Waals surface area contributed by atoms with E-state index >= 15 is 4.39 Å². The van der Waals surface area contributed by atoms with Gasteiger partial charge in [0.2, 0.25) is 15.9 Å². The Balaban J connectivity index is 1.86. The van der Waals surface area contributed by atoms with Crippen LogP contribution in [0.1, 0.15) is 12.6 Å². The minimum absolute atomic E-state index is 0.00935. The third-order valence-corrected chi connectivity index (χ3v) is 8.92. The highest BCUT2D eigenvalue weighted by molar-refractivity contribution is 7.92. The molecule has 14 heteroatoms. The smallest absolute Gasteiger partial charge is 0.350 e. The zero-order valence-electron chi connectivity index (χ0n) is 24.4. The molecule has 44 heavy (non-hydrogen) atoms. The largest absolute Gasteiger partial charge is 0.354 e. The molecule has 0 aliphatic carbocycles. The lowest BCUT2D eigenvalue weighted by molar-refractivity contribution is -0.126. The number of benzene rings is 2. The molecule has 4 aromatic rings. The predicted molar refractivity (Wildman–Crippen MR) is 162 cm³/mol. The van der Waals surface area contributed by atoms with Crippen molar-refractivity contribution >= 4 is 38.3 Å². The minimum atomic E-state index is -3.82. The van der Waals surface area contributed by atoms with E-state index in [0.29, 0.717) is 0 Å². The number of anilines is 2. The summed E-state index contributed by atoms with van der Waals surface area (Å²) in [6.45, 7) is 7.67. The number of hydrogen-bond acceptors (Lipinski definition) is 7. The van der Waals surface area contributed by atoms with E-state index in [2.05, 4.69) is 16.5 Å². The summed E-state index contributed by atoms with van der Waals surface area (Å²) in [7, 11) is -2.52. The van der Waals surface area contributed by atoms with Gasteiger partial charge < -0.3 is 9.80 Å². The summed E-state index contributed by atoms with van der Waals surface area (Å²) in [5.41, 5.74) is -1.59. The van der Waals surface area contributed by atoms with E-state index in [4.69, 9.17) is 0 Å². The van der Waals surface area contributed by atoms with Crippen LogP contribution in [0.5, 0.6) is 0 Å². The number of piperazine rings is 1. The zero-order chi connectivity index (χ0) is 32.1. The molecule has 0 spiro atoms. The number of rotatable bonds is 6. The molecule has 10 nitrogen and oxygen atoms in total. The lowest BCUT2D eigenvalue weighted by atomic mass is 10.0. The number of fused-ring (bicyclic) bond motifs is 1. The van der Waals surface area contributed by atoms with Gasteiger partial charge in [-0.25, -0.2) is 26.4 Å². The third-order valence-electron chi connectivity index (χ3n) is 7.72. The van der Waals surface area contributed by atoms with Gasteiger partial charge in [-0.2, -0.15) is 4.98 Å². The second kappa shape index (κ2) is 11.4. The average molecular weight is 627 g/mol. The lowest BCUT2D eigenvalue weighted by Crippen LogP contribution is -2.54. The highest BCUT2D eigenvalue weighted by atomic mass is 32.2. The number of carbonyl (C=O) groups is 1. The molecule has 1 aliphatic heterocycles. The van der Waals surface area contributed by atoms with Crippen LogP contribution < -0.4 is 14.9 Å². The van der Waals surface area contributed by atoms with Gasteiger partial charge in [0.25, 0.3) is 0 Å². The van der Waals surface area contributed by atoms with Crippen LogP contribution in [0, 0.1) is 24.4 Å². The Bertz CT molecular complexity index is 1980. The summed E-state index contributed by atoms with van der Waals surface area (Å²) in [4.78, 5) is 38.1. The average Bonchev–Trinajstić information content (AvgIpc) is 2.96. The monoisotopic (exact) mass is 626 g/mol. The zero-order valence-corrected chi connectivity index (χ0v) is 25.2. The minimum Gasteiger partial charge on any atom is -0.350 e. The second-order valence-electron chi connectivity index (χ2n) is 10.5. The normalized spacial score (nSPS) is 15.5. The molecule has 0 N–H and O–H groups in total. The Morgan fingerprint density at radius 1 is 1.11 bits per heavy atom. The van der Waals surface area contributed by atoms with Gasteiger partial charge >= 0.3 is 5.69 Å². The van der Waals surface area contributed by atoms with E-state index in [-0.39, 0.29) is 65.4 Å². The molecular formula is C30H29F3N6O4S. The number of aromatic nitrogens is 3. The molecule has 1 fully saturated rings. The molecule has 230 valence electrons. The Morgan fingerprint density at radius 3 is 2.41 bits per heavy atom. The lowest BCUT2D eigenvalue weighted by Gasteiger charge is -2.40. The van der Waals surface area contributed by atoms with Crippen molar-refractivity contribution in [3.63, 3.8) is 0 Å². The quantitative estimate of drug-likeness (QED) is 0.300. The van der Waals surface area contributed by atoms with Gasteiger partial charge in [-0.15, -0.1) is 0 Å². The fourth-order valence-electron chi connectivity index (χ4n) is 5.47. The maximum atomic E-state index is 15.9. The molecule has 1 aliphatic rings. The molecule has 0 radical (unpaired) electrons. The van der Waals surface area contributed by atoms with Gasteiger partial charge in [0.05, 0.1) is 34.4 Å². The standard InChI is InChI=1S/C30H29F3N6O4S/c1-6-26(40)37-12-13-38(17(2)16-37)29-20-14-23(33)19(27-21(31)8-7-9-22(27)32)15-25(20)39(30(41)35-29)28-18(3)34-11-10-24(28)36(4)44(5,42)43/h6-11,14-15,17H,1,12-13,16H2,2-5H3/t17-/m0/s1. The van der Waals surface area contributed by atoms with Crippen molar-refractivity contribution in [2.75, 3.05) is 42.1 Å². The van der Waals surface area contributed by atoms with Crippen molar-refractivity contribution in [2.24, 2.45) is 0 Å². The van der Waals surface area contributed by atoms with E-state index in [1.807, 2.05) is 6.92 Å². The first kappa shape index (κ1) is 30.7. The van der Waals surface area contributed by atoms with Crippen LogP contribution in [0.2, 0.25) is 0 Å². The van der Waals surface area contributed by atoms with Crippen LogP contribution in [-0.4, -0.2) is 72.7 Å². The third kappa shape index (κ3) is 5.29. The Kier molecular flexibility index (Phi) is 7.97. The van der Waals surface area contributed by atoms with Gasteiger partial charge in [-0.1, -0.05) is 12.6 Å². The first-order valence-electron chi connectivity index (χ1n) is 13.5. The number of amides is 1. The number of hydrogen-bond donors (Lipinski definition) is 0. The van der Waals surface area contributed by atoms with Gasteiger partial charge in [-0.05, 0) is 50.3 Å². The summed E-state index contributed by atoms with van der Waals surface area (Å²) in [6.07, 6.45) is 3.56. The van der Waals surface area contributed by atoms with Gasteiger partial charge in [0.15, 0.2) is 0 Å². The molecule has 1 amide bonds. The van der Waals surface area contributed by atoms with E-state index in [1.165, 1.54) is 25.4 Å². The maximum Gasteiger partial charge on any atom is 0.354 e. The van der Waals surface area contributed by atoms with Gasteiger partial charge in [-0.3, -0.25) is 18.7 Å². The van der Waals surface area contributed by atoms with Crippen molar-refractivity contribution in [3.05, 3.63) is 88.9 Å². The SMILES string of the molecule is C=CC(=O)N1CCN(c2nc(=O)n(-c3c(N(C)S(C)(=O)=O)ccnc3C)c3cc(-c4c(F)cccc4F)c(F)cc23)[C@@H](C)C1. The molecule has 0 bridgehead atoms. The first-order chi connectivity index (χ1) is 20.7. The predicted octanol–water partition coefficient (Wildman–Crippen LogP) is 3.79. The Morgan fingerprint density at radius 2 is 1.80 bits per heavy atom. The number of carbonyl (C=O) groups excluding carboxylic acids is 1. The van der Waals surface area contributed by atoms with Gasteiger partial charge in [0.1, 0.15) is 23.3 Å². The molecule has 1 saturated heterocycles. The van der Waals surface area contributed by atoms with Crippen molar-refractivity contribution in [3.8, 4) is 16.8 Å². The molecule has 2 aromatic heterocycles. The van der Waals surface area contributed by atoms with Crippen LogP contribution in [0.15, 0.2) is 60.0 Å². The number of halogens is 3. The summed E-state index contributed by atoms with van der Waals surface area (Å²) >= 11 is 0. The maximum absolute atomic E-state index is 15.9. The van der Waals surface area contributed by atoms with E-state index in [9.17, 15) is 26.8 Å². The van der Waals surface area contributed by atoms with Gasteiger partial charge in [0, 0.05) is 49.9 Å². The molecule has 5 rings (SSSR count). The topological polar surface area (TPSA) is 109 Å². The van der Waals surface area contributed by atoms with Crippen LogP contribution in [0.3, 0.4) is 0 Å². The highest BCUT2D eigenvalue weighted by Gasteiger charge is 2.31. The molecule has 0 saturated carbocycles. The molecular weight excluding hydrogens is 597 g/mol. The summed E-state index contributed by atoms with van der Waals surface area (Å²) < 4.78 is 72.8. The van der Waals surface area contributed by atoms with E-state index in [1.54, 1.807) is 16.7 Å². The summed E-state index contributed by atoms with van der Waals surface area (Å²) in [5.74, 6) is -3.17. The highest BCUT2D eigenvalue weighted by Crippen LogP contribution is 2.37. The van der Waals surface area contributed by atoms with Crippen LogP contribution in [-0.2, 0) is 14.8 Å². The summed E-state index contributed by atoms with van der Waals surface area (Å²) in [5, 5.41) is 0.120. The fraction of sp³-hybridized carbons (Fsp3) is 0.267. The number of aryl methyl sites for hydroxylation is 1. The molecule has 2 aromatic carbocycles. The number of sulfonamides is 1. The second-order valence-corrected chi connectivity index (χ2v) is 12.5. The van der Waals surface area contributed by atoms with Crippen LogP contribution >= 0.6 is 0 Å². The fourth-order valence-corrected chi connectivity index (χ4v) is 5.97. The van der Waals surface area contributed by atoms with Crippen LogP contribution in [0.25, 0.3) is 27.7 Å². The Hall–Kier alpha value is -4.72. The molecule has 0 unspecified atom stereocenters.